The molecule has 0 amide bonds. The molecule has 166 valence electrons. The lowest BCUT2D eigenvalue weighted by Gasteiger charge is -2.13. The van der Waals surface area contributed by atoms with Crippen molar-refractivity contribution < 1.29 is 9.85 Å². The van der Waals surface area contributed by atoms with Gasteiger partial charge in [0.15, 0.2) is 0 Å². The van der Waals surface area contributed by atoms with E-state index in [1.807, 2.05) is 38.1 Å². The van der Waals surface area contributed by atoms with Crippen LogP contribution in [0.1, 0.15) is 11.4 Å². The van der Waals surface area contributed by atoms with Gasteiger partial charge in [-0.3, -0.25) is 30.2 Å². The molecule has 0 saturated heterocycles. The lowest BCUT2D eigenvalue weighted by Crippen LogP contribution is -1.95. The second-order valence-electron chi connectivity index (χ2n) is 8.09. The monoisotopic (exact) mass is 450 g/mol. The number of aryl methyl sites for hydroxylation is 2. The Hall–Kier alpha value is -4.72. The highest BCUT2D eigenvalue weighted by Crippen LogP contribution is 2.37. The van der Waals surface area contributed by atoms with Crippen molar-refractivity contribution in [1.29, 1.82) is 0 Å². The minimum absolute atomic E-state index is 0.0364. The van der Waals surface area contributed by atoms with Gasteiger partial charge in [0.2, 0.25) is 0 Å². The van der Waals surface area contributed by atoms with Crippen LogP contribution in [-0.2, 0) is 0 Å². The first-order valence-corrected chi connectivity index (χ1v) is 10.5. The van der Waals surface area contributed by atoms with Crippen molar-refractivity contribution in [3.8, 4) is 22.3 Å². The molecule has 0 radical (unpaired) electrons. The molecule has 0 atom stereocenters. The van der Waals surface area contributed by atoms with E-state index < -0.39 is 9.85 Å². The number of rotatable bonds is 4. The number of benzene rings is 3. The van der Waals surface area contributed by atoms with Gasteiger partial charge < -0.3 is 0 Å². The lowest BCUT2D eigenvalue weighted by molar-refractivity contribution is -0.385. The molecular weight excluding hydrogens is 432 g/mol. The van der Waals surface area contributed by atoms with Crippen LogP contribution in [0.25, 0.3) is 44.1 Å². The fourth-order valence-electron chi connectivity index (χ4n) is 4.23. The average Bonchev–Trinajstić information content (AvgIpc) is 2.83. The summed E-state index contributed by atoms with van der Waals surface area (Å²) in [6.45, 7) is 3.81. The summed E-state index contributed by atoms with van der Waals surface area (Å²) in [4.78, 5) is 30.8. The molecule has 5 aromatic rings. The predicted molar refractivity (Wildman–Crippen MR) is 131 cm³/mol. The van der Waals surface area contributed by atoms with Gasteiger partial charge in [-0.15, -0.1) is 0 Å². The van der Waals surface area contributed by atoms with Crippen LogP contribution in [0.15, 0.2) is 72.8 Å². The first-order valence-electron chi connectivity index (χ1n) is 10.5. The highest BCUT2D eigenvalue weighted by Gasteiger charge is 2.15. The predicted octanol–water partition coefficient (Wildman–Crippen LogP) is 6.55. The Kier molecular flexibility index (Phi) is 4.98. The normalized spacial score (nSPS) is 11.1. The molecule has 0 fully saturated rings. The molecule has 0 saturated carbocycles. The van der Waals surface area contributed by atoms with E-state index in [1.54, 1.807) is 24.3 Å². The van der Waals surface area contributed by atoms with E-state index in [4.69, 9.17) is 9.97 Å². The molecule has 34 heavy (non-hydrogen) atoms. The molecular formula is C26H18N4O4. The van der Waals surface area contributed by atoms with Crippen molar-refractivity contribution >= 4 is 33.2 Å². The van der Waals surface area contributed by atoms with Crippen LogP contribution in [0.4, 0.5) is 11.4 Å². The summed E-state index contributed by atoms with van der Waals surface area (Å²) in [5, 5.41) is 23.9. The summed E-state index contributed by atoms with van der Waals surface area (Å²) < 4.78 is 0. The van der Waals surface area contributed by atoms with Gasteiger partial charge in [0.25, 0.3) is 11.4 Å². The topological polar surface area (TPSA) is 112 Å². The van der Waals surface area contributed by atoms with Gasteiger partial charge >= 0.3 is 0 Å². The van der Waals surface area contributed by atoms with Gasteiger partial charge in [0.1, 0.15) is 0 Å². The van der Waals surface area contributed by atoms with Crippen molar-refractivity contribution in [2.75, 3.05) is 0 Å². The lowest BCUT2D eigenvalue weighted by atomic mass is 9.95. The molecule has 2 aromatic heterocycles. The van der Waals surface area contributed by atoms with Crippen molar-refractivity contribution in [3.05, 3.63) is 104 Å². The van der Waals surface area contributed by atoms with Crippen molar-refractivity contribution in [1.82, 2.24) is 9.97 Å². The molecule has 3 aromatic carbocycles. The fraction of sp³-hybridized carbons (Fsp3) is 0.0769. The van der Waals surface area contributed by atoms with E-state index in [0.717, 1.165) is 55.4 Å². The number of pyridine rings is 2. The van der Waals surface area contributed by atoms with E-state index in [9.17, 15) is 20.2 Å². The van der Waals surface area contributed by atoms with E-state index in [-0.39, 0.29) is 11.4 Å². The second kappa shape index (κ2) is 8.00. The molecule has 0 aliphatic heterocycles. The smallest absolute Gasteiger partial charge is 0.258 e. The van der Waals surface area contributed by atoms with Crippen molar-refractivity contribution in [2.24, 2.45) is 0 Å². The number of nitro groups is 2. The quantitative estimate of drug-likeness (QED) is 0.174. The third-order valence-corrected chi connectivity index (χ3v) is 5.79. The fourth-order valence-corrected chi connectivity index (χ4v) is 4.23. The largest absolute Gasteiger partial charge is 0.269 e. The van der Waals surface area contributed by atoms with Gasteiger partial charge in [-0.05, 0) is 72.5 Å². The molecule has 5 rings (SSSR count). The van der Waals surface area contributed by atoms with Crippen LogP contribution in [0, 0.1) is 34.1 Å². The zero-order valence-electron chi connectivity index (χ0n) is 18.4. The zero-order valence-corrected chi connectivity index (χ0v) is 18.4. The van der Waals surface area contributed by atoms with E-state index in [0.29, 0.717) is 0 Å². The first-order chi connectivity index (χ1) is 16.3. The molecule has 0 aliphatic carbocycles. The maximum Gasteiger partial charge on any atom is 0.269 e. The standard InChI is InChI=1S/C26H18N4O4/c1-15-13-23(17-3-7-19(8-4-17)29(31)32)21-11-12-22-24(14-16(2)28-26(22)25(21)27-15)18-5-9-20(10-6-18)30(33)34/h3-14H,1-2H3. The molecule has 0 bridgehead atoms. The van der Waals surface area contributed by atoms with Crippen LogP contribution in [0.3, 0.4) is 0 Å². The van der Waals surface area contributed by atoms with Gasteiger partial charge in [-0.25, -0.2) is 0 Å². The molecule has 2 heterocycles. The number of aromatic nitrogens is 2. The Morgan fingerprint density at radius 3 is 1.26 bits per heavy atom. The minimum Gasteiger partial charge on any atom is -0.258 e. The maximum atomic E-state index is 11.0. The van der Waals surface area contributed by atoms with E-state index in [1.165, 1.54) is 24.3 Å². The number of nitrogens with zero attached hydrogens (tertiary/aromatic N) is 4. The summed E-state index contributed by atoms with van der Waals surface area (Å²) >= 11 is 0. The van der Waals surface area contributed by atoms with Crippen LogP contribution >= 0.6 is 0 Å². The summed E-state index contributed by atoms with van der Waals surface area (Å²) in [7, 11) is 0. The van der Waals surface area contributed by atoms with Gasteiger partial charge in [-0.2, -0.15) is 0 Å². The average molecular weight is 450 g/mol. The first kappa shape index (κ1) is 21.1. The maximum absolute atomic E-state index is 11.0. The van der Waals surface area contributed by atoms with Crippen LogP contribution in [0.2, 0.25) is 0 Å². The molecule has 0 unspecified atom stereocenters. The Morgan fingerprint density at radius 2 is 0.941 bits per heavy atom. The highest BCUT2D eigenvalue weighted by atomic mass is 16.6. The summed E-state index contributed by atoms with van der Waals surface area (Å²) in [6.07, 6.45) is 0. The Morgan fingerprint density at radius 1 is 0.588 bits per heavy atom. The summed E-state index contributed by atoms with van der Waals surface area (Å²) in [5.74, 6) is 0. The molecule has 0 spiro atoms. The molecule has 8 heteroatoms. The van der Waals surface area contributed by atoms with Crippen molar-refractivity contribution in [3.63, 3.8) is 0 Å². The Labute approximate surface area is 193 Å². The second-order valence-corrected chi connectivity index (χ2v) is 8.09. The number of fused-ring (bicyclic) bond motifs is 3. The minimum atomic E-state index is -0.417. The van der Waals surface area contributed by atoms with Crippen LogP contribution < -0.4 is 0 Å². The summed E-state index contributed by atoms with van der Waals surface area (Å²) in [6, 6.07) is 20.8. The van der Waals surface area contributed by atoms with E-state index >= 15 is 0 Å². The number of non-ortho nitro benzene ring substituents is 2. The van der Waals surface area contributed by atoms with Gasteiger partial charge in [-0.1, -0.05) is 12.1 Å². The Bertz CT molecular complexity index is 1490. The number of hydrogen-bond donors (Lipinski definition) is 0. The van der Waals surface area contributed by atoms with E-state index in [2.05, 4.69) is 0 Å². The third-order valence-electron chi connectivity index (χ3n) is 5.79. The number of nitro benzene ring substituents is 2. The Balaban J connectivity index is 1.75. The molecule has 0 N–H and O–H groups in total. The number of hydrogen-bond acceptors (Lipinski definition) is 6. The van der Waals surface area contributed by atoms with Gasteiger partial charge in [0.05, 0.1) is 20.9 Å². The summed E-state index contributed by atoms with van der Waals surface area (Å²) in [5.41, 5.74) is 6.67. The van der Waals surface area contributed by atoms with Crippen LogP contribution in [-0.4, -0.2) is 19.8 Å². The SMILES string of the molecule is Cc1cc(-c2ccc([N+](=O)[O-])cc2)c2ccc3c(-c4ccc([N+](=O)[O-])cc4)cc(C)nc3c2n1. The zero-order chi connectivity index (χ0) is 24.0. The van der Waals surface area contributed by atoms with Crippen LogP contribution in [0.5, 0.6) is 0 Å². The molecule has 8 nitrogen and oxygen atoms in total. The van der Waals surface area contributed by atoms with Gasteiger partial charge in [0, 0.05) is 46.4 Å². The van der Waals surface area contributed by atoms with Crippen molar-refractivity contribution in [2.45, 2.75) is 13.8 Å². The highest BCUT2D eigenvalue weighted by molar-refractivity contribution is 6.12. The third kappa shape index (κ3) is 3.61. The molecule has 0 aliphatic rings.